The molecule has 0 spiro atoms. The van der Waals surface area contributed by atoms with Gasteiger partial charge in [-0.1, -0.05) is 109 Å². The Hall–Kier alpha value is -6.26. The maximum atomic E-state index is 6.53. The van der Waals surface area contributed by atoms with E-state index in [1.54, 1.807) is 0 Å². The summed E-state index contributed by atoms with van der Waals surface area (Å²) in [5.74, 6) is 0. The lowest BCUT2D eigenvalue weighted by molar-refractivity contribution is 0.669. The lowest BCUT2D eigenvalue weighted by atomic mass is 10.0. The molecule has 0 amide bonds. The summed E-state index contributed by atoms with van der Waals surface area (Å²) in [7, 11) is 0. The zero-order chi connectivity index (χ0) is 30.5. The fourth-order valence-electron chi connectivity index (χ4n) is 6.49. The van der Waals surface area contributed by atoms with Gasteiger partial charge in [0.15, 0.2) is 11.2 Å². The average molecular weight is 593 g/mol. The minimum absolute atomic E-state index is 0.842. The number of nitrogens with zero attached hydrogens (tertiary/aromatic N) is 1. The molecule has 0 aliphatic rings. The fourth-order valence-corrected chi connectivity index (χ4v) is 6.49. The molecule has 4 heteroatoms. The Morgan fingerprint density at radius 3 is 1.76 bits per heavy atom. The average Bonchev–Trinajstić information content (AvgIpc) is 3.69. The molecule has 46 heavy (non-hydrogen) atoms. The van der Waals surface area contributed by atoms with E-state index in [1.807, 2.05) is 36.4 Å². The van der Waals surface area contributed by atoms with Crippen LogP contribution in [0.4, 0.5) is 28.4 Å². The van der Waals surface area contributed by atoms with Gasteiger partial charge in [-0.2, -0.15) is 0 Å². The van der Waals surface area contributed by atoms with Gasteiger partial charge in [-0.25, -0.2) is 0 Å². The third-order valence-corrected chi connectivity index (χ3v) is 8.64. The Morgan fingerprint density at radius 2 is 1.00 bits per heavy atom. The van der Waals surface area contributed by atoms with E-state index in [0.717, 1.165) is 72.3 Å². The number of nitrogens with one attached hydrogen (secondary N) is 1. The van der Waals surface area contributed by atoms with Crippen molar-refractivity contribution in [3.8, 4) is 11.1 Å². The van der Waals surface area contributed by atoms with Crippen LogP contribution in [0, 0.1) is 0 Å². The Bertz CT molecular complexity index is 2510. The van der Waals surface area contributed by atoms with Gasteiger partial charge in [0.1, 0.15) is 11.2 Å². The summed E-state index contributed by atoms with van der Waals surface area (Å²) in [6.07, 6.45) is 0. The number of anilines is 5. The van der Waals surface area contributed by atoms with E-state index >= 15 is 0 Å². The highest BCUT2D eigenvalue weighted by molar-refractivity contribution is 6.11. The Kier molecular flexibility index (Phi) is 6.10. The zero-order valence-corrected chi connectivity index (χ0v) is 24.9. The van der Waals surface area contributed by atoms with Crippen molar-refractivity contribution in [1.82, 2.24) is 0 Å². The minimum Gasteiger partial charge on any atom is -0.454 e. The molecule has 0 bridgehead atoms. The van der Waals surface area contributed by atoms with Crippen LogP contribution in [0.25, 0.3) is 55.0 Å². The zero-order valence-electron chi connectivity index (χ0n) is 24.9. The third kappa shape index (κ3) is 4.39. The van der Waals surface area contributed by atoms with Crippen molar-refractivity contribution in [2.24, 2.45) is 0 Å². The lowest BCUT2D eigenvalue weighted by Gasteiger charge is -2.26. The summed E-state index contributed by atoms with van der Waals surface area (Å²) in [5.41, 5.74) is 10.7. The van der Waals surface area contributed by atoms with Gasteiger partial charge in [0.2, 0.25) is 0 Å². The summed E-state index contributed by atoms with van der Waals surface area (Å²) in [6, 6.07) is 56.7. The molecule has 7 aromatic carbocycles. The van der Waals surface area contributed by atoms with E-state index in [-0.39, 0.29) is 0 Å². The van der Waals surface area contributed by atoms with Gasteiger partial charge in [-0.15, -0.1) is 0 Å². The van der Waals surface area contributed by atoms with Gasteiger partial charge in [0.25, 0.3) is 0 Å². The SMILES string of the molecule is c1ccc(-c2ccc(N(c3cccc(Nc4cccc5c4oc4ccccc45)c3)c3cccc4c3oc3ccccc34)cc2)cc1. The van der Waals surface area contributed by atoms with Gasteiger partial charge in [-0.3, -0.25) is 0 Å². The minimum atomic E-state index is 0.842. The normalized spacial score (nSPS) is 11.5. The first-order valence-electron chi connectivity index (χ1n) is 15.4. The number of hydrogen-bond donors (Lipinski definition) is 1. The van der Waals surface area contributed by atoms with Crippen molar-refractivity contribution >= 4 is 72.3 Å². The second kappa shape index (κ2) is 10.7. The number of fused-ring (bicyclic) bond motifs is 6. The third-order valence-electron chi connectivity index (χ3n) is 8.64. The number of rotatable bonds is 6. The van der Waals surface area contributed by atoms with Gasteiger partial charge in [0.05, 0.1) is 11.4 Å². The molecule has 2 heterocycles. The van der Waals surface area contributed by atoms with Gasteiger partial charge < -0.3 is 19.1 Å². The lowest BCUT2D eigenvalue weighted by Crippen LogP contribution is -2.10. The molecular weight excluding hydrogens is 564 g/mol. The summed E-state index contributed by atoms with van der Waals surface area (Å²) >= 11 is 0. The summed E-state index contributed by atoms with van der Waals surface area (Å²) in [6.45, 7) is 0. The summed E-state index contributed by atoms with van der Waals surface area (Å²) in [5, 5.41) is 8.05. The largest absolute Gasteiger partial charge is 0.454 e. The second-order valence-corrected chi connectivity index (χ2v) is 11.5. The molecule has 0 fully saturated rings. The van der Waals surface area contributed by atoms with E-state index in [1.165, 1.54) is 11.1 Å². The Labute approximate surface area is 265 Å². The number of furan rings is 2. The van der Waals surface area contributed by atoms with E-state index < -0.39 is 0 Å². The molecule has 0 radical (unpaired) electrons. The van der Waals surface area contributed by atoms with Gasteiger partial charge >= 0.3 is 0 Å². The smallest absolute Gasteiger partial charge is 0.159 e. The van der Waals surface area contributed by atoms with Crippen LogP contribution in [0.1, 0.15) is 0 Å². The van der Waals surface area contributed by atoms with Crippen LogP contribution in [-0.4, -0.2) is 0 Å². The highest BCUT2D eigenvalue weighted by atomic mass is 16.3. The molecule has 2 aromatic heterocycles. The fraction of sp³-hybridized carbons (Fsp3) is 0. The molecule has 0 saturated heterocycles. The predicted molar refractivity (Wildman–Crippen MR) is 191 cm³/mol. The predicted octanol–water partition coefficient (Wildman–Crippen LogP) is 12.4. The topological polar surface area (TPSA) is 41.5 Å². The van der Waals surface area contributed by atoms with Crippen molar-refractivity contribution in [3.05, 3.63) is 164 Å². The second-order valence-electron chi connectivity index (χ2n) is 11.5. The maximum absolute atomic E-state index is 6.53. The maximum Gasteiger partial charge on any atom is 0.159 e. The van der Waals surface area contributed by atoms with Crippen molar-refractivity contribution in [3.63, 3.8) is 0 Å². The van der Waals surface area contributed by atoms with Crippen LogP contribution < -0.4 is 10.2 Å². The summed E-state index contributed by atoms with van der Waals surface area (Å²) < 4.78 is 12.8. The van der Waals surface area contributed by atoms with Gasteiger partial charge in [0, 0.05) is 38.6 Å². The Balaban J connectivity index is 1.18. The van der Waals surface area contributed by atoms with Crippen molar-refractivity contribution in [2.45, 2.75) is 0 Å². The molecule has 218 valence electrons. The number of hydrogen-bond acceptors (Lipinski definition) is 4. The van der Waals surface area contributed by atoms with Crippen LogP contribution in [-0.2, 0) is 0 Å². The van der Waals surface area contributed by atoms with Gasteiger partial charge in [-0.05, 0) is 65.7 Å². The molecule has 0 saturated carbocycles. The Morgan fingerprint density at radius 1 is 0.413 bits per heavy atom. The molecule has 0 unspecified atom stereocenters. The van der Waals surface area contributed by atoms with E-state index in [4.69, 9.17) is 8.83 Å². The van der Waals surface area contributed by atoms with Crippen LogP contribution in [0.15, 0.2) is 173 Å². The highest BCUT2D eigenvalue weighted by Crippen LogP contribution is 2.43. The molecule has 0 aliphatic heterocycles. The molecule has 9 rings (SSSR count). The van der Waals surface area contributed by atoms with E-state index in [2.05, 4.69) is 138 Å². The molecule has 9 aromatic rings. The summed E-state index contributed by atoms with van der Waals surface area (Å²) in [4.78, 5) is 2.27. The van der Waals surface area contributed by atoms with Crippen LogP contribution in [0.2, 0.25) is 0 Å². The van der Waals surface area contributed by atoms with Crippen molar-refractivity contribution in [1.29, 1.82) is 0 Å². The standard InChI is InChI=1S/C42H28N2O2/c1-2-11-28(12-3-1)29-23-25-31(26-24-29)44(38-20-10-18-36-34-16-5-7-22-40(34)46-42(36)38)32-14-8-13-30(27-32)43-37-19-9-17-35-33-15-4-6-21-39(33)45-41(35)37/h1-27,43H. The quantitative estimate of drug-likeness (QED) is 0.209. The van der Waals surface area contributed by atoms with Crippen molar-refractivity contribution < 1.29 is 8.83 Å². The molecule has 4 nitrogen and oxygen atoms in total. The van der Waals surface area contributed by atoms with E-state index in [9.17, 15) is 0 Å². The van der Waals surface area contributed by atoms with Crippen LogP contribution in [0.3, 0.4) is 0 Å². The first kappa shape index (κ1) is 26.2. The van der Waals surface area contributed by atoms with Crippen LogP contribution >= 0.6 is 0 Å². The number of benzene rings is 7. The molecule has 0 atom stereocenters. The monoisotopic (exact) mass is 592 g/mol. The molecule has 1 N–H and O–H groups in total. The molecular formula is C42H28N2O2. The van der Waals surface area contributed by atoms with Crippen molar-refractivity contribution in [2.75, 3.05) is 10.2 Å². The first-order valence-corrected chi connectivity index (χ1v) is 15.4. The van der Waals surface area contributed by atoms with E-state index in [0.29, 0.717) is 0 Å². The number of para-hydroxylation sites is 4. The highest BCUT2D eigenvalue weighted by Gasteiger charge is 2.20. The molecule has 0 aliphatic carbocycles. The van der Waals surface area contributed by atoms with Crippen LogP contribution in [0.5, 0.6) is 0 Å². The first-order chi connectivity index (χ1) is 22.8.